The topological polar surface area (TPSA) is 71.7 Å². The highest BCUT2D eigenvalue weighted by molar-refractivity contribution is 5.92. The Morgan fingerprint density at radius 3 is 2.41 bits per heavy atom. The predicted octanol–water partition coefficient (Wildman–Crippen LogP) is 4.09. The minimum atomic E-state index is 0.0153. The molecule has 1 fully saturated rings. The molecule has 1 unspecified atom stereocenters. The van der Waals surface area contributed by atoms with Gasteiger partial charge in [-0.2, -0.15) is 0 Å². The van der Waals surface area contributed by atoms with Gasteiger partial charge in [-0.05, 0) is 49.6 Å². The minimum Gasteiger partial charge on any atom is -0.497 e. The van der Waals surface area contributed by atoms with Gasteiger partial charge >= 0.3 is 0 Å². The maximum atomic E-state index is 6.14. The molecule has 0 radical (unpaired) electrons. The lowest BCUT2D eigenvalue weighted by Crippen LogP contribution is -2.47. The third-order valence-electron chi connectivity index (χ3n) is 5.30. The fraction of sp³-hybridized carbons (Fsp3) is 0.409. The molecule has 1 aliphatic carbocycles. The molecular formula is C22H30N4O. The van der Waals surface area contributed by atoms with E-state index in [9.17, 15) is 0 Å². The van der Waals surface area contributed by atoms with E-state index >= 15 is 0 Å². The van der Waals surface area contributed by atoms with Gasteiger partial charge < -0.3 is 21.1 Å². The molecule has 0 aromatic heterocycles. The van der Waals surface area contributed by atoms with Crippen molar-refractivity contribution in [3.63, 3.8) is 0 Å². The summed E-state index contributed by atoms with van der Waals surface area (Å²) < 4.78 is 5.18. The number of nitrogens with zero attached hydrogens (tertiary/aromatic N) is 1. The van der Waals surface area contributed by atoms with Crippen molar-refractivity contribution < 1.29 is 4.74 Å². The van der Waals surface area contributed by atoms with Crippen molar-refractivity contribution in [2.75, 3.05) is 19.0 Å². The van der Waals surface area contributed by atoms with Gasteiger partial charge in [0.1, 0.15) is 5.75 Å². The molecule has 0 aliphatic heterocycles. The van der Waals surface area contributed by atoms with Gasteiger partial charge in [0, 0.05) is 17.3 Å². The van der Waals surface area contributed by atoms with Crippen LogP contribution in [-0.4, -0.2) is 25.2 Å². The van der Waals surface area contributed by atoms with Crippen molar-refractivity contribution in [2.45, 2.75) is 44.2 Å². The van der Waals surface area contributed by atoms with Crippen LogP contribution in [0.1, 0.15) is 44.2 Å². The molecule has 0 spiro atoms. The lowest BCUT2D eigenvalue weighted by atomic mass is 9.95. The molecule has 1 saturated carbocycles. The number of nitrogens with two attached hydrogens (primary N) is 1. The molecule has 0 bridgehead atoms. The van der Waals surface area contributed by atoms with Crippen LogP contribution in [0.4, 0.5) is 5.69 Å². The Hall–Kier alpha value is -2.53. The Labute approximate surface area is 162 Å². The van der Waals surface area contributed by atoms with Gasteiger partial charge in [0.15, 0.2) is 5.96 Å². The third-order valence-corrected chi connectivity index (χ3v) is 5.30. The molecule has 5 nitrogen and oxygen atoms in total. The number of hydrogen-bond donors (Lipinski definition) is 3. The summed E-state index contributed by atoms with van der Waals surface area (Å²) in [4.78, 5) is 4.65. The molecule has 27 heavy (non-hydrogen) atoms. The average Bonchev–Trinajstić information content (AvgIpc) is 3.16. The monoisotopic (exact) mass is 366 g/mol. The molecule has 0 heterocycles. The fourth-order valence-electron chi connectivity index (χ4n) is 3.78. The number of nitrogens with one attached hydrogen (secondary N) is 2. The Morgan fingerprint density at radius 2 is 1.78 bits per heavy atom. The summed E-state index contributed by atoms with van der Waals surface area (Å²) in [5, 5.41) is 7.00. The third kappa shape index (κ3) is 5.23. The van der Waals surface area contributed by atoms with Crippen LogP contribution >= 0.6 is 0 Å². The van der Waals surface area contributed by atoms with Gasteiger partial charge in [0.2, 0.25) is 0 Å². The molecular weight excluding hydrogens is 336 g/mol. The van der Waals surface area contributed by atoms with Crippen LogP contribution < -0.4 is 21.1 Å². The summed E-state index contributed by atoms with van der Waals surface area (Å²) in [5.41, 5.74) is 8.36. The lowest BCUT2D eigenvalue weighted by Gasteiger charge is -2.33. The van der Waals surface area contributed by atoms with Crippen LogP contribution in [-0.2, 0) is 0 Å². The summed E-state index contributed by atoms with van der Waals surface area (Å²) in [7, 11) is 1.66. The first kappa shape index (κ1) is 19.2. The number of hydrogen-bond acceptors (Lipinski definition) is 3. The van der Waals surface area contributed by atoms with Crippen molar-refractivity contribution in [1.82, 2.24) is 5.32 Å². The number of anilines is 1. The highest BCUT2D eigenvalue weighted by Gasteiger charge is 2.34. The quantitative estimate of drug-likeness (QED) is 0.510. The lowest BCUT2D eigenvalue weighted by molar-refractivity contribution is 0.308. The Bertz CT molecular complexity index is 737. The van der Waals surface area contributed by atoms with E-state index in [4.69, 9.17) is 10.5 Å². The zero-order chi connectivity index (χ0) is 19.1. The van der Waals surface area contributed by atoms with E-state index in [1.54, 1.807) is 7.11 Å². The summed E-state index contributed by atoms with van der Waals surface area (Å²) in [6.45, 7) is 2.90. The van der Waals surface area contributed by atoms with Crippen molar-refractivity contribution in [2.24, 2.45) is 10.7 Å². The van der Waals surface area contributed by atoms with E-state index in [2.05, 4.69) is 52.9 Å². The molecule has 1 aliphatic rings. The summed E-state index contributed by atoms with van der Waals surface area (Å²) in [5.74, 6) is 1.26. The molecule has 0 saturated heterocycles. The molecule has 1 atom stereocenters. The van der Waals surface area contributed by atoms with Crippen molar-refractivity contribution >= 4 is 11.6 Å². The van der Waals surface area contributed by atoms with Crippen LogP contribution in [0.5, 0.6) is 5.75 Å². The van der Waals surface area contributed by atoms with Gasteiger partial charge in [-0.15, -0.1) is 0 Å². The van der Waals surface area contributed by atoms with Gasteiger partial charge in [0.05, 0.1) is 13.7 Å². The number of guanidine groups is 1. The van der Waals surface area contributed by atoms with E-state index in [0.29, 0.717) is 12.5 Å². The normalized spacial score (nSPS) is 17.5. The van der Waals surface area contributed by atoms with Crippen LogP contribution in [0.25, 0.3) is 0 Å². The van der Waals surface area contributed by atoms with Crippen molar-refractivity contribution in [3.05, 3.63) is 60.2 Å². The Balaban J connectivity index is 1.63. The highest BCUT2D eigenvalue weighted by atomic mass is 16.5. The average molecular weight is 367 g/mol. The molecule has 2 aromatic rings. The number of benzene rings is 2. The Morgan fingerprint density at radius 1 is 1.11 bits per heavy atom. The standard InChI is InChI=1S/C22H30N4O/c1-17(18-8-4-3-5-9-18)26-22(14-6-7-15-22)16-24-21(23)25-19-10-12-20(27-2)13-11-19/h3-5,8-13,17,26H,6-7,14-16H2,1-2H3,(H3,23,24,25). The fourth-order valence-corrected chi connectivity index (χ4v) is 3.78. The van der Waals surface area contributed by atoms with E-state index in [0.717, 1.165) is 24.3 Å². The first-order chi connectivity index (χ1) is 13.1. The van der Waals surface area contributed by atoms with E-state index in [-0.39, 0.29) is 11.6 Å². The first-order valence-corrected chi connectivity index (χ1v) is 9.64. The molecule has 0 amide bonds. The summed E-state index contributed by atoms with van der Waals surface area (Å²) >= 11 is 0. The summed E-state index contributed by atoms with van der Waals surface area (Å²) in [6, 6.07) is 18.5. The zero-order valence-corrected chi connectivity index (χ0v) is 16.2. The van der Waals surface area contributed by atoms with Crippen LogP contribution in [0, 0.1) is 0 Å². The van der Waals surface area contributed by atoms with Crippen molar-refractivity contribution in [3.8, 4) is 5.75 Å². The zero-order valence-electron chi connectivity index (χ0n) is 16.2. The number of ether oxygens (including phenoxy) is 1. The van der Waals surface area contributed by atoms with Crippen LogP contribution in [0.3, 0.4) is 0 Å². The van der Waals surface area contributed by atoms with Crippen LogP contribution in [0.2, 0.25) is 0 Å². The second-order valence-electron chi connectivity index (χ2n) is 7.32. The number of aliphatic imine (C=N–C) groups is 1. The minimum absolute atomic E-state index is 0.0153. The van der Waals surface area contributed by atoms with Gasteiger partial charge in [0.25, 0.3) is 0 Å². The number of methoxy groups -OCH3 is 1. The smallest absolute Gasteiger partial charge is 0.193 e. The number of rotatable bonds is 7. The molecule has 144 valence electrons. The summed E-state index contributed by atoms with van der Waals surface area (Å²) in [6.07, 6.45) is 4.72. The molecule has 5 heteroatoms. The molecule has 4 N–H and O–H groups in total. The maximum Gasteiger partial charge on any atom is 0.193 e. The van der Waals surface area contributed by atoms with E-state index in [1.807, 2.05) is 24.3 Å². The predicted molar refractivity (Wildman–Crippen MR) is 112 cm³/mol. The first-order valence-electron chi connectivity index (χ1n) is 9.64. The van der Waals surface area contributed by atoms with E-state index in [1.165, 1.54) is 18.4 Å². The van der Waals surface area contributed by atoms with Gasteiger partial charge in [-0.1, -0.05) is 43.2 Å². The SMILES string of the molecule is COc1ccc(NC(N)=NCC2(NC(C)c3ccccc3)CCCC2)cc1. The van der Waals surface area contributed by atoms with E-state index < -0.39 is 0 Å². The van der Waals surface area contributed by atoms with Crippen molar-refractivity contribution in [1.29, 1.82) is 0 Å². The van der Waals surface area contributed by atoms with Gasteiger partial charge in [-0.3, -0.25) is 4.99 Å². The second kappa shape index (κ2) is 8.91. The molecule has 2 aromatic carbocycles. The Kier molecular flexibility index (Phi) is 6.35. The van der Waals surface area contributed by atoms with Crippen LogP contribution in [0.15, 0.2) is 59.6 Å². The van der Waals surface area contributed by atoms with Gasteiger partial charge in [-0.25, -0.2) is 0 Å². The highest BCUT2D eigenvalue weighted by Crippen LogP contribution is 2.32. The molecule has 3 rings (SSSR count). The second-order valence-corrected chi connectivity index (χ2v) is 7.32. The maximum absolute atomic E-state index is 6.14. The largest absolute Gasteiger partial charge is 0.497 e.